The molecule has 0 aliphatic heterocycles. The summed E-state index contributed by atoms with van der Waals surface area (Å²) in [4.78, 5) is 13.1. The highest BCUT2D eigenvalue weighted by Gasteiger charge is 2.22. The lowest BCUT2D eigenvalue weighted by Gasteiger charge is -2.32. The molecule has 0 amide bonds. The second-order valence-electron chi connectivity index (χ2n) is 5.06. The Morgan fingerprint density at radius 3 is 2.56 bits per heavy atom. The second-order valence-corrected chi connectivity index (χ2v) is 5.06. The second kappa shape index (κ2) is 5.27. The highest BCUT2D eigenvalue weighted by atomic mass is 16.5. The van der Waals surface area contributed by atoms with E-state index in [1.54, 1.807) is 12.1 Å². The van der Waals surface area contributed by atoms with E-state index < -0.39 is 5.97 Å². The molecule has 0 bridgehead atoms. The number of aromatic carboxylic acids is 1. The molecule has 0 spiro atoms. The van der Waals surface area contributed by atoms with Gasteiger partial charge in [-0.1, -0.05) is 0 Å². The third-order valence-electron chi connectivity index (χ3n) is 3.03. The van der Waals surface area contributed by atoms with Gasteiger partial charge in [-0.2, -0.15) is 0 Å². The number of anilines is 1. The van der Waals surface area contributed by atoms with Crippen LogP contribution < -0.4 is 10.5 Å². The molecule has 0 aliphatic rings. The van der Waals surface area contributed by atoms with Crippen LogP contribution in [0.4, 0.5) is 5.69 Å². The van der Waals surface area contributed by atoms with E-state index in [9.17, 15) is 4.79 Å². The van der Waals surface area contributed by atoms with Crippen molar-refractivity contribution in [1.29, 1.82) is 0 Å². The summed E-state index contributed by atoms with van der Waals surface area (Å²) in [7, 11) is 3.90. The predicted molar refractivity (Wildman–Crippen MR) is 71.1 cm³/mol. The number of hydrogen-bond acceptors (Lipinski definition) is 4. The third-order valence-corrected chi connectivity index (χ3v) is 3.03. The number of benzene rings is 1. The van der Waals surface area contributed by atoms with Gasteiger partial charge >= 0.3 is 5.97 Å². The van der Waals surface area contributed by atoms with E-state index in [-0.39, 0.29) is 11.1 Å². The van der Waals surface area contributed by atoms with Crippen molar-refractivity contribution < 1.29 is 14.6 Å². The van der Waals surface area contributed by atoms with Gasteiger partial charge in [0.05, 0.1) is 0 Å². The Bertz CT molecular complexity index is 442. The van der Waals surface area contributed by atoms with Crippen molar-refractivity contribution in [2.24, 2.45) is 0 Å². The van der Waals surface area contributed by atoms with E-state index >= 15 is 0 Å². The van der Waals surface area contributed by atoms with Gasteiger partial charge in [0.1, 0.15) is 17.9 Å². The molecular weight excluding hydrogens is 232 g/mol. The van der Waals surface area contributed by atoms with Crippen LogP contribution in [0.1, 0.15) is 24.2 Å². The number of ether oxygens (including phenoxy) is 1. The molecule has 0 heterocycles. The van der Waals surface area contributed by atoms with Gasteiger partial charge in [0.2, 0.25) is 0 Å². The van der Waals surface area contributed by atoms with Crippen LogP contribution in [0.25, 0.3) is 0 Å². The minimum atomic E-state index is -1.04. The Labute approximate surface area is 107 Å². The number of nitrogen functional groups attached to an aromatic ring is 1. The fourth-order valence-electron chi connectivity index (χ4n) is 1.22. The van der Waals surface area contributed by atoms with Crippen LogP contribution in [0.3, 0.4) is 0 Å². The first-order valence-corrected chi connectivity index (χ1v) is 5.67. The van der Waals surface area contributed by atoms with Crippen molar-refractivity contribution in [3.63, 3.8) is 0 Å². The number of nitrogens with two attached hydrogens (primary N) is 1. The molecule has 0 fully saturated rings. The van der Waals surface area contributed by atoms with Crippen LogP contribution in [0.2, 0.25) is 0 Å². The van der Waals surface area contributed by atoms with Gasteiger partial charge in [0.15, 0.2) is 0 Å². The Morgan fingerprint density at radius 1 is 1.44 bits per heavy atom. The van der Waals surface area contributed by atoms with Crippen LogP contribution in [-0.4, -0.2) is 42.2 Å². The summed E-state index contributed by atoms with van der Waals surface area (Å²) in [5.41, 5.74) is 5.88. The highest BCUT2D eigenvalue weighted by molar-refractivity contribution is 5.92. The molecule has 0 radical (unpaired) electrons. The Morgan fingerprint density at radius 2 is 2.06 bits per heavy atom. The standard InChI is InChI=1S/C13H20N2O3/c1-13(2,15(3)4)8-18-11-6-5-9(14)7-10(11)12(16)17/h5-7H,8,14H2,1-4H3,(H,16,17). The summed E-state index contributed by atoms with van der Waals surface area (Å²) < 4.78 is 5.60. The number of carbonyl (C=O) groups is 1. The van der Waals surface area contributed by atoms with Gasteiger partial charge in [-0.15, -0.1) is 0 Å². The number of rotatable bonds is 5. The molecule has 0 saturated heterocycles. The Hall–Kier alpha value is -1.75. The van der Waals surface area contributed by atoms with Crippen LogP contribution in [0, 0.1) is 0 Å². The maximum absolute atomic E-state index is 11.1. The molecule has 0 saturated carbocycles. The van der Waals surface area contributed by atoms with Crippen LogP contribution in [0.15, 0.2) is 18.2 Å². The maximum Gasteiger partial charge on any atom is 0.339 e. The van der Waals surface area contributed by atoms with E-state index in [1.165, 1.54) is 6.07 Å². The number of nitrogens with zero attached hydrogens (tertiary/aromatic N) is 1. The Kier molecular flexibility index (Phi) is 4.19. The fraction of sp³-hybridized carbons (Fsp3) is 0.462. The molecule has 100 valence electrons. The van der Waals surface area contributed by atoms with Gasteiger partial charge < -0.3 is 20.5 Å². The molecule has 1 aromatic rings. The van der Waals surface area contributed by atoms with E-state index in [0.29, 0.717) is 18.0 Å². The lowest BCUT2D eigenvalue weighted by Crippen LogP contribution is -2.43. The van der Waals surface area contributed by atoms with Crippen molar-refractivity contribution >= 4 is 11.7 Å². The molecule has 0 aromatic heterocycles. The van der Waals surface area contributed by atoms with Gasteiger partial charge in [-0.25, -0.2) is 4.79 Å². The lowest BCUT2D eigenvalue weighted by atomic mass is 10.1. The summed E-state index contributed by atoms with van der Waals surface area (Å²) in [6.07, 6.45) is 0. The largest absolute Gasteiger partial charge is 0.491 e. The summed E-state index contributed by atoms with van der Waals surface area (Å²) in [5, 5.41) is 9.08. The zero-order chi connectivity index (χ0) is 13.9. The van der Waals surface area contributed by atoms with E-state index in [1.807, 2.05) is 32.8 Å². The predicted octanol–water partition coefficient (Wildman–Crippen LogP) is 1.69. The van der Waals surface area contributed by atoms with Gasteiger partial charge in [0, 0.05) is 11.2 Å². The van der Waals surface area contributed by atoms with E-state index in [2.05, 4.69) is 0 Å². The molecule has 0 atom stereocenters. The third kappa shape index (κ3) is 3.37. The molecule has 1 aromatic carbocycles. The van der Waals surface area contributed by atoms with E-state index in [0.717, 1.165) is 0 Å². The molecule has 0 aliphatic carbocycles. The SMILES string of the molecule is CN(C)C(C)(C)COc1ccc(N)cc1C(=O)O. The molecular formula is C13H20N2O3. The summed E-state index contributed by atoms with van der Waals surface area (Å²) in [5.74, 6) is -0.702. The first-order chi connectivity index (χ1) is 8.24. The minimum absolute atomic E-state index is 0.0876. The Balaban J connectivity index is 2.89. The fourth-order valence-corrected chi connectivity index (χ4v) is 1.22. The van der Waals surface area contributed by atoms with Gasteiger partial charge in [0.25, 0.3) is 0 Å². The molecule has 3 N–H and O–H groups in total. The van der Waals surface area contributed by atoms with Gasteiger partial charge in [-0.05, 0) is 46.1 Å². The zero-order valence-corrected chi connectivity index (χ0v) is 11.2. The highest BCUT2D eigenvalue weighted by Crippen LogP contribution is 2.23. The van der Waals surface area contributed by atoms with Crippen molar-refractivity contribution in [2.75, 3.05) is 26.4 Å². The van der Waals surface area contributed by atoms with Crippen molar-refractivity contribution in [2.45, 2.75) is 19.4 Å². The molecule has 5 heteroatoms. The van der Waals surface area contributed by atoms with Gasteiger partial charge in [-0.3, -0.25) is 0 Å². The number of carboxylic acid groups (broad SMARTS) is 1. The average molecular weight is 252 g/mol. The summed E-state index contributed by atoms with van der Waals surface area (Å²) in [6, 6.07) is 4.62. The number of likely N-dealkylation sites (N-methyl/N-ethyl adjacent to an activating group) is 1. The van der Waals surface area contributed by atoms with Crippen molar-refractivity contribution in [1.82, 2.24) is 4.90 Å². The summed E-state index contributed by atoms with van der Waals surface area (Å²) >= 11 is 0. The van der Waals surface area contributed by atoms with Crippen molar-refractivity contribution in [3.8, 4) is 5.75 Å². The number of carboxylic acids is 1. The molecule has 18 heavy (non-hydrogen) atoms. The van der Waals surface area contributed by atoms with Crippen LogP contribution in [0.5, 0.6) is 5.75 Å². The number of hydrogen-bond donors (Lipinski definition) is 2. The molecule has 0 unspecified atom stereocenters. The monoisotopic (exact) mass is 252 g/mol. The minimum Gasteiger partial charge on any atom is -0.491 e. The van der Waals surface area contributed by atoms with Crippen molar-refractivity contribution in [3.05, 3.63) is 23.8 Å². The first-order valence-electron chi connectivity index (χ1n) is 5.67. The zero-order valence-electron chi connectivity index (χ0n) is 11.2. The smallest absolute Gasteiger partial charge is 0.339 e. The average Bonchev–Trinajstić information content (AvgIpc) is 2.27. The lowest BCUT2D eigenvalue weighted by molar-refractivity contribution is 0.0684. The van der Waals surface area contributed by atoms with Crippen LogP contribution >= 0.6 is 0 Å². The molecule has 5 nitrogen and oxygen atoms in total. The maximum atomic E-state index is 11.1. The first kappa shape index (κ1) is 14.3. The van der Waals surface area contributed by atoms with E-state index in [4.69, 9.17) is 15.6 Å². The van der Waals surface area contributed by atoms with Crippen LogP contribution in [-0.2, 0) is 0 Å². The normalized spacial score (nSPS) is 11.6. The topological polar surface area (TPSA) is 75.8 Å². The summed E-state index contributed by atoms with van der Waals surface area (Å²) in [6.45, 7) is 4.43. The quantitative estimate of drug-likeness (QED) is 0.780. The molecule has 1 rings (SSSR count).